The fourth-order valence-electron chi connectivity index (χ4n) is 3.10. The van der Waals surface area contributed by atoms with E-state index in [1.807, 2.05) is 0 Å². The highest BCUT2D eigenvalue weighted by atomic mass is 19.4. The Kier molecular flexibility index (Phi) is 3.45. The lowest BCUT2D eigenvalue weighted by Gasteiger charge is -2.15. The highest BCUT2D eigenvalue weighted by Gasteiger charge is 2.30. The van der Waals surface area contributed by atoms with Gasteiger partial charge in [-0.1, -0.05) is 6.07 Å². The highest BCUT2D eigenvalue weighted by molar-refractivity contribution is 5.95. The van der Waals surface area contributed by atoms with Gasteiger partial charge in [0.05, 0.1) is 11.3 Å². The van der Waals surface area contributed by atoms with E-state index in [4.69, 9.17) is 0 Å². The van der Waals surface area contributed by atoms with Crippen LogP contribution in [0.15, 0.2) is 36.5 Å². The van der Waals surface area contributed by atoms with E-state index in [2.05, 4.69) is 20.6 Å². The Labute approximate surface area is 136 Å². The first-order valence-corrected chi connectivity index (χ1v) is 7.66. The highest BCUT2D eigenvalue weighted by Crippen LogP contribution is 2.34. The molecule has 4 nitrogen and oxygen atoms in total. The Morgan fingerprint density at radius 1 is 1.17 bits per heavy atom. The van der Waals surface area contributed by atoms with Crippen molar-refractivity contribution in [1.82, 2.24) is 15.3 Å². The van der Waals surface area contributed by atoms with Gasteiger partial charge in [0.1, 0.15) is 5.65 Å². The van der Waals surface area contributed by atoms with E-state index in [1.54, 1.807) is 18.3 Å². The van der Waals surface area contributed by atoms with Crippen molar-refractivity contribution in [2.75, 3.05) is 11.9 Å². The monoisotopic (exact) mass is 332 g/mol. The maximum atomic E-state index is 12.9. The number of nitrogens with one attached hydrogen (secondary N) is 3. The number of hydrogen-bond donors (Lipinski definition) is 3. The SMILES string of the molecule is FC(F)(F)c1cccc(Nc2ccnc3[nH]c4c(c23)CNCC4)c1. The summed E-state index contributed by atoms with van der Waals surface area (Å²) in [5, 5.41) is 7.35. The van der Waals surface area contributed by atoms with Gasteiger partial charge in [0.2, 0.25) is 0 Å². The molecule has 0 fully saturated rings. The molecule has 0 unspecified atom stereocenters. The largest absolute Gasteiger partial charge is 0.416 e. The molecule has 3 heterocycles. The zero-order valence-corrected chi connectivity index (χ0v) is 12.7. The van der Waals surface area contributed by atoms with Crippen LogP contribution in [0.3, 0.4) is 0 Å². The van der Waals surface area contributed by atoms with Crippen molar-refractivity contribution in [1.29, 1.82) is 0 Å². The second kappa shape index (κ2) is 5.52. The van der Waals surface area contributed by atoms with E-state index in [-0.39, 0.29) is 0 Å². The van der Waals surface area contributed by atoms with Crippen LogP contribution < -0.4 is 10.6 Å². The Hall–Kier alpha value is -2.54. The Bertz CT molecular complexity index is 898. The third-order valence-corrected chi connectivity index (χ3v) is 4.21. The van der Waals surface area contributed by atoms with E-state index in [1.165, 1.54) is 6.07 Å². The molecule has 0 amide bonds. The predicted molar refractivity (Wildman–Crippen MR) is 86.2 cm³/mol. The van der Waals surface area contributed by atoms with Crippen LogP contribution in [0.2, 0.25) is 0 Å². The zero-order chi connectivity index (χ0) is 16.7. The minimum Gasteiger partial charge on any atom is -0.355 e. The number of alkyl halides is 3. The number of anilines is 2. The number of aromatic amines is 1. The number of rotatable bonds is 2. The van der Waals surface area contributed by atoms with Crippen molar-refractivity contribution in [3.05, 3.63) is 53.3 Å². The standard InChI is InChI=1S/C17H15F3N4/c18-17(19,20)10-2-1-3-11(8-10)23-14-5-7-22-16-15(14)12-9-21-6-4-13(12)24-16/h1-3,5,7-8,21H,4,6,9H2,(H2,22,23,24). The van der Waals surface area contributed by atoms with Crippen LogP contribution in [0.5, 0.6) is 0 Å². The van der Waals surface area contributed by atoms with Crippen LogP contribution >= 0.6 is 0 Å². The van der Waals surface area contributed by atoms with Gasteiger partial charge in [-0.15, -0.1) is 0 Å². The van der Waals surface area contributed by atoms with Crippen molar-refractivity contribution < 1.29 is 13.2 Å². The summed E-state index contributed by atoms with van der Waals surface area (Å²) in [6.07, 6.45) is -1.83. The van der Waals surface area contributed by atoms with Crippen molar-refractivity contribution in [3.8, 4) is 0 Å². The third-order valence-electron chi connectivity index (χ3n) is 4.21. The van der Waals surface area contributed by atoms with Gasteiger partial charge in [0.15, 0.2) is 0 Å². The number of halogens is 3. The molecule has 1 aliphatic rings. The Morgan fingerprint density at radius 3 is 2.88 bits per heavy atom. The van der Waals surface area contributed by atoms with Crippen LogP contribution in [0.4, 0.5) is 24.5 Å². The summed E-state index contributed by atoms with van der Waals surface area (Å²) in [4.78, 5) is 7.65. The van der Waals surface area contributed by atoms with Gasteiger partial charge in [0.25, 0.3) is 0 Å². The summed E-state index contributed by atoms with van der Waals surface area (Å²) in [5.74, 6) is 0. The topological polar surface area (TPSA) is 52.7 Å². The molecule has 3 N–H and O–H groups in total. The number of aromatic nitrogens is 2. The molecule has 24 heavy (non-hydrogen) atoms. The second-order valence-electron chi connectivity index (χ2n) is 5.79. The summed E-state index contributed by atoms with van der Waals surface area (Å²) < 4.78 is 38.7. The molecule has 124 valence electrons. The number of fused-ring (bicyclic) bond motifs is 3. The molecular formula is C17H15F3N4. The summed E-state index contributed by atoms with van der Waals surface area (Å²) in [7, 11) is 0. The van der Waals surface area contributed by atoms with Gasteiger partial charge in [-0.3, -0.25) is 0 Å². The maximum absolute atomic E-state index is 12.9. The fraction of sp³-hybridized carbons (Fsp3) is 0.235. The summed E-state index contributed by atoms with van der Waals surface area (Å²) >= 11 is 0. The molecular weight excluding hydrogens is 317 g/mol. The average Bonchev–Trinajstić information content (AvgIpc) is 2.94. The second-order valence-corrected chi connectivity index (χ2v) is 5.79. The van der Waals surface area contributed by atoms with Crippen LogP contribution in [0.25, 0.3) is 11.0 Å². The molecule has 1 aromatic carbocycles. The molecule has 0 atom stereocenters. The summed E-state index contributed by atoms with van der Waals surface area (Å²) in [6, 6.07) is 6.99. The van der Waals surface area contributed by atoms with E-state index in [9.17, 15) is 13.2 Å². The quantitative estimate of drug-likeness (QED) is 0.665. The first-order chi connectivity index (χ1) is 11.5. The lowest BCUT2D eigenvalue weighted by molar-refractivity contribution is -0.137. The van der Waals surface area contributed by atoms with Crippen molar-refractivity contribution in [2.24, 2.45) is 0 Å². The van der Waals surface area contributed by atoms with Crippen LogP contribution in [-0.4, -0.2) is 16.5 Å². The molecule has 0 radical (unpaired) electrons. The summed E-state index contributed by atoms with van der Waals surface area (Å²) in [6.45, 7) is 1.62. The molecule has 4 rings (SSSR count). The number of pyridine rings is 1. The Morgan fingerprint density at radius 2 is 2.04 bits per heavy atom. The molecule has 0 spiro atoms. The minimum absolute atomic E-state index is 0.399. The number of nitrogens with zero attached hydrogens (tertiary/aromatic N) is 1. The first-order valence-electron chi connectivity index (χ1n) is 7.66. The molecule has 0 saturated carbocycles. The molecule has 0 bridgehead atoms. The average molecular weight is 332 g/mol. The van der Waals surface area contributed by atoms with Crippen molar-refractivity contribution in [3.63, 3.8) is 0 Å². The van der Waals surface area contributed by atoms with Crippen molar-refractivity contribution in [2.45, 2.75) is 19.1 Å². The smallest absolute Gasteiger partial charge is 0.355 e. The normalized spacial score (nSPS) is 14.6. The Balaban J connectivity index is 1.76. The summed E-state index contributed by atoms with van der Waals surface area (Å²) in [5.41, 5.74) is 3.49. The molecule has 1 aliphatic heterocycles. The van der Waals surface area contributed by atoms with Gasteiger partial charge in [-0.25, -0.2) is 4.98 Å². The van der Waals surface area contributed by atoms with Gasteiger partial charge in [-0.2, -0.15) is 13.2 Å². The van der Waals surface area contributed by atoms with Crippen molar-refractivity contribution >= 4 is 22.4 Å². The lowest BCUT2D eigenvalue weighted by atomic mass is 10.1. The predicted octanol–water partition coefficient (Wildman–Crippen LogP) is 3.97. The molecule has 0 aliphatic carbocycles. The molecule has 0 saturated heterocycles. The van der Waals surface area contributed by atoms with E-state index < -0.39 is 11.7 Å². The van der Waals surface area contributed by atoms with E-state index >= 15 is 0 Å². The maximum Gasteiger partial charge on any atom is 0.416 e. The van der Waals surface area contributed by atoms with Gasteiger partial charge < -0.3 is 15.6 Å². The zero-order valence-electron chi connectivity index (χ0n) is 12.7. The number of benzene rings is 1. The van der Waals surface area contributed by atoms with Gasteiger partial charge in [0, 0.05) is 42.5 Å². The van der Waals surface area contributed by atoms with Crippen LogP contribution in [-0.2, 0) is 19.1 Å². The van der Waals surface area contributed by atoms with Gasteiger partial charge in [-0.05, 0) is 29.8 Å². The van der Waals surface area contributed by atoms with E-state index in [0.29, 0.717) is 5.69 Å². The molecule has 7 heteroatoms. The molecule has 2 aromatic heterocycles. The van der Waals surface area contributed by atoms with Crippen LogP contribution in [0.1, 0.15) is 16.8 Å². The first kappa shape index (κ1) is 15.0. The number of H-pyrrole nitrogens is 1. The van der Waals surface area contributed by atoms with E-state index in [0.717, 1.165) is 59.6 Å². The minimum atomic E-state index is -4.36. The van der Waals surface area contributed by atoms with Gasteiger partial charge >= 0.3 is 6.18 Å². The number of hydrogen-bond acceptors (Lipinski definition) is 3. The van der Waals surface area contributed by atoms with Crippen LogP contribution in [0, 0.1) is 0 Å². The third kappa shape index (κ3) is 2.60. The fourth-order valence-corrected chi connectivity index (χ4v) is 3.10. The molecule has 3 aromatic rings. The lowest BCUT2D eigenvalue weighted by Crippen LogP contribution is -2.23.